The first kappa shape index (κ1) is 5.49. The van der Waals surface area contributed by atoms with Crippen molar-refractivity contribution in [2.75, 3.05) is 13.1 Å². The number of nitrogens with zero attached hydrogens (tertiary/aromatic N) is 1. The summed E-state index contributed by atoms with van der Waals surface area (Å²) in [5.74, 6) is 0. The molecule has 1 aliphatic rings. The van der Waals surface area contributed by atoms with Crippen LogP contribution in [0, 0.1) is 0 Å². The molecule has 0 aromatic heterocycles. The smallest absolute Gasteiger partial charge is 0.0183 e. The van der Waals surface area contributed by atoms with Crippen LogP contribution in [0.2, 0.25) is 0 Å². The SMILES string of the molecule is NC1CCN(P)C1. The molecule has 1 saturated heterocycles. The Morgan fingerprint density at radius 1 is 1.71 bits per heavy atom. The Morgan fingerprint density at radius 3 is 2.57 bits per heavy atom. The van der Waals surface area contributed by atoms with Crippen LogP contribution >= 0.6 is 9.39 Å². The van der Waals surface area contributed by atoms with Gasteiger partial charge < -0.3 is 5.73 Å². The van der Waals surface area contributed by atoms with Crippen molar-refractivity contribution in [3.05, 3.63) is 0 Å². The van der Waals surface area contributed by atoms with Crippen LogP contribution in [0.3, 0.4) is 0 Å². The molecule has 0 radical (unpaired) electrons. The van der Waals surface area contributed by atoms with Crippen molar-refractivity contribution in [2.45, 2.75) is 12.5 Å². The number of hydrogen-bond donors (Lipinski definition) is 1. The molecule has 7 heavy (non-hydrogen) atoms. The summed E-state index contributed by atoms with van der Waals surface area (Å²) in [6.45, 7) is 2.19. The van der Waals surface area contributed by atoms with Gasteiger partial charge in [-0.1, -0.05) is 9.39 Å². The molecule has 0 spiro atoms. The van der Waals surface area contributed by atoms with Gasteiger partial charge in [0.15, 0.2) is 0 Å². The van der Waals surface area contributed by atoms with E-state index in [4.69, 9.17) is 5.73 Å². The van der Waals surface area contributed by atoms with Crippen LogP contribution in [0.1, 0.15) is 6.42 Å². The molecule has 0 aromatic rings. The second-order valence-corrected chi connectivity index (χ2v) is 2.77. The fourth-order valence-electron chi connectivity index (χ4n) is 0.815. The summed E-state index contributed by atoms with van der Waals surface area (Å²) in [4.78, 5) is 0. The van der Waals surface area contributed by atoms with Crippen molar-refractivity contribution in [1.29, 1.82) is 0 Å². The van der Waals surface area contributed by atoms with Gasteiger partial charge in [0.25, 0.3) is 0 Å². The topological polar surface area (TPSA) is 29.3 Å². The van der Waals surface area contributed by atoms with Crippen LogP contribution in [-0.4, -0.2) is 23.8 Å². The second-order valence-electron chi connectivity index (χ2n) is 2.04. The largest absolute Gasteiger partial charge is 0.326 e. The van der Waals surface area contributed by atoms with Crippen LogP contribution in [0.4, 0.5) is 0 Å². The second kappa shape index (κ2) is 2.08. The lowest BCUT2D eigenvalue weighted by Crippen LogP contribution is -2.21. The fourth-order valence-corrected chi connectivity index (χ4v) is 1.24. The van der Waals surface area contributed by atoms with Crippen LogP contribution in [0.5, 0.6) is 0 Å². The minimum absolute atomic E-state index is 0.428. The van der Waals surface area contributed by atoms with Gasteiger partial charge in [0.05, 0.1) is 0 Å². The molecule has 2 unspecified atom stereocenters. The van der Waals surface area contributed by atoms with Gasteiger partial charge in [0, 0.05) is 19.1 Å². The quantitative estimate of drug-likeness (QED) is 0.447. The van der Waals surface area contributed by atoms with Crippen LogP contribution in [-0.2, 0) is 0 Å². The molecule has 0 saturated carbocycles. The predicted molar refractivity (Wildman–Crippen MR) is 33.9 cm³/mol. The van der Waals surface area contributed by atoms with Crippen LogP contribution in [0.15, 0.2) is 0 Å². The molecule has 42 valence electrons. The van der Waals surface area contributed by atoms with E-state index in [9.17, 15) is 0 Å². The minimum atomic E-state index is 0.428. The molecule has 2 nitrogen and oxygen atoms in total. The zero-order valence-corrected chi connectivity index (χ0v) is 5.46. The zero-order valence-electron chi connectivity index (χ0n) is 4.30. The molecule has 0 bridgehead atoms. The summed E-state index contributed by atoms with van der Waals surface area (Å²) in [7, 11) is 2.65. The molecule has 1 fully saturated rings. The minimum Gasteiger partial charge on any atom is -0.326 e. The predicted octanol–water partition coefficient (Wildman–Crippen LogP) is -0.191. The molecule has 0 amide bonds. The maximum Gasteiger partial charge on any atom is 0.0183 e. The molecule has 2 N–H and O–H groups in total. The highest BCUT2D eigenvalue weighted by molar-refractivity contribution is 7.13. The van der Waals surface area contributed by atoms with E-state index in [1.54, 1.807) is 0 Å². The number of nitrogens with two attached hydrogens (primary N) is 1. The van der Waals surface area contributed by atoms with Crippen LogP contribution < -0.4 is 5.73 Å². The van der Waals surface area contributed by atoms with E-state index in [-0.39, 0.29) is 0 Å². The highest BCUT2D eigenvalue weighted by Gasteiger charge is 2.13. The van der Waals surface area contributed by atoms with Crippen molar-refractivity contribution >= 4 is 9.39 Å². The monoisotopic (exact) mass is 118 g/mol. The maximum atomic E-state index is 5.57. The number of hydrogen-bond acceptors (Lipinski definition) is 2. The van der Waals surface area contributed by atoms with Crippen molar-refractivity contribution < 1.29 is 0 Å². The van der Waals surface area contributed by atoms with Crippen molar-refractivity contribution in [3.63, 3.8) is 0 Å². The summed E-state index contributed by atoms with van der Waals surface area (Å²) in [6, 6.07) is 0.428. The normalized spacial score (nSPS) is 34.3. The molecular weight excluding hydrogens is 107 g/mol. The third-order valence-corrected chi connectivity index (χ3v) is 1.73. The first-order valence-electron chi connectivity index (χ1n) is 2.54. The Balaban J connectivity index is 2.26. The summed E-state index contributed by atoms with van der Waals surface area (Å²) in [5.41, 5.74) is 5.57. The van der Waals surface area contributed by atoms with Gasteiger partial charge in [-0.25, -0.2) is 0 Å². The molecular formula is C4H11N2P. The fraction of sp³-hybridized carbons (Fsp3) is 1.00. The summed E-state index contributed by atoms with van der Waals surface area (Å²) < 4.78 is 2.17. The maximum absolute atomic E-state index is 5.57. The Kier molecular flexibility index (Phi) is 1.63. The Labute approximate surface area is 46.3 Å². The van der Waals surface area contributed by atoms with E-state index < -0.39 is 0 Å². The van der Waals surface area contributed by atoms with Crippen molar-refractivity contribution in [1.82, 2.24) is 4.67 Å². The van der Waals surface area contributed by atoms with Gasteiger partial charge in [-0.3, -0.25) is 4.67 Å². The van der Waals surface area contributed by atoms with Crippen LogP contribution in [0.25, 0.3) is 0 Å². The molecule has 1 heterocycles. The van der Waals surface area contributed by atoms with Gasteiger partial charge in [-0.05, 0) is 6.42 Å². The summed E-state index contributed by atoms with van der Waals surface area (Å²) in [6.07, 6.45) is 1.16. The molecule has 2 atom stereocenters. The van der Waals surface area contributed by atoms with Gasteiger partial charge in [0.2, 0.25) is 0 Å². The van der Waals surface area contributed by atoms with Gasteiger partial charge in [-0.2, -0.15) is 0 Å². The molecule has 0 aromatic carbocycles. The van der Waals surface area contributed by atoms with E-state index in [0.29, 0.717) is 6.04 Å². The van der Waals surface area contributed by atoms with Crippen molar-refractivity contribution in [2.24, 2.45) is 5.73 Å². The highest BCUT2D eigenvalue weighted by atomic mass is 31.0. The molecule has 0 aliphatic carbocycles. The number of rotatable bonds is 0. The van der Waals surface area contributed by atoms with E-state index >= 15 is 0 Å². The first-order chi connectivity index (χ1) is 3.29. The first-order valence-corrected chi connectivity index (χ1v) is 3.06. The summed E-state index contributed by atoms with van der Waals surface area (Å²) in [5, 5.41) is 0. The van der Waals surface area contributed by atoms with Gasteiger partial charge >= 0.3 is 0 Å². The lowest BCUT2D eigenvalue weighted by Gasteiger charge is -2.03. The van der Waals surface area contributed by atoms with E-state index in [1.165, 1.54) is 0 Å². The Hall–Kier alpha value is 0.350. The van der Waals surface area contributed by atoms with E-state index in [2.05, 4.69) is 14.1 Å². The molecule has 3 heteroatoms. The Morgan fingerprint density at radius 2 is 2.43 bits per heavy atom. The third-order valence-electron chi connectivity index (χ3n) is 1.26. The Bertz CT molecular complexity index is 58.7. The van der Waals surface area contributed by atoms with Gasteiger partial charge in [-0.15, -0.1) is 0 Å². The van der Waals surface area contributed by atoms with E-state index in [1.807, 2.05) is 0 Å². The van der Waals surface area contributed by atoms with Gasteiger partial charge in [0.1, 0.15) is 0 Å². The molecule has 1 aliphatic heterocycles. The third kappa shape index (κ3) is 1.37. The lowest BCUT2D eigenvalue weighted by molar-refractivity contribution is 0.572. The lowest BCUT2D eigenvalue weighted by atomic mass is 10.3. The highest BCUT2D eigenvalue weighted by Crippen LogP contribution is 2.09. The zero-order chi connectivity index (χ0) is 5.28. The molecule has 1 rings (SSSR count). The summed E-state index contributed by atoms with van der Waals surface area (Å²) >= 11 is 0. The average Bonchev–Trinajstić information content (AvgIpc) is 1.87. The standard InChI is InChI=1S/C4H11N2P/c5-4-1-2-6(7)3-4/h4H,1-3,5,7H2. The van der Waals surface area contributed by atoms with Crippen molar-refractivity contribution in [3.8, 4) is 0 Å². The van der Waals surface area contributed by atoms with E-state index in [0.717, 1.165) is 19.5 Å². The average molecular weight is 118 g/mol.